The normalized spacial score (nSPS) is 24.8. The van der Waals surface area contributed by atoms with Crippen LogP contribution in [0.1, 0.15) is 26.2 Å². The lowest BCUT2D eigenvalue weighted by Gasteiger charge is -2.34. The predicted octanol–water partition coefficient (Wildman–Crippen LogP) is 3.64. The molecular formula is C26H29F3N6O3. The molecule has 9 nitrogen and oxygen atoms in total. The highest BCUT2D eigenvalue weighted by Gasteiger charge is 2.51. The molecule has 1 saturated heterocycles. The Bertz CT molecular complexity index is 1450. The summed E-state index contributed by atoms with van der Waals surface area (Å²) in [6.45, 7) is 2.12. The maximum absolute atomic E-state index is 14.9. The van der Waals surface area contributed by atoms with Gasteiger partial charge in [-0.25, -0.2) is 18.2 Å². The van der Waals surface area contributed by atoms with Crippen molar-refractivity contribution in [2.24, 2.45) is 18.9 Å². The minimum absolute atomic E-state index is 0.0652. The second kappa shape index (κ2) is 9.04. The average molecular weight is 531 g/mol. The van der Waals surface area contributed by atoms with Crippen LogP contribution in [0, 0.1) is 17.7 Å². The summed E-state index contributed by atoms with van der Waals surface area (Å²) in [4.78, 5) is 23.3. The fourth-order valence-corrected chi connectivity index (χ4v) is 5.50. The first-order valence-electron chi connectivity index (χ1n) is 12.8. The first-order valence-corrected chi connectivity index (χ1v) is 12.8. The first kappa shape index (κ1) is 24.8. The van der Waals surface area contributed by atoms with Crippen molar-refractivity contribution in [1.82, 2.24) is 14.5 Å². The molecule has 3 aromatic rings. The molecule has 1 aromatic carbocycles. The van der Waals surface area contributed by atoms with Crippen molar-refractivity contribution in [3.63, 3.8) is 0 Å². The summed E-state index contributed by atoms with van der Waals surface area (Å²) in [5.74, 6) is -3.72. The van der Waals surface area contributed by atoms with Crippen LogP contribution in [0.25, 0.3) is 10.9 Å². The van der Waals surface area contributed by atoms with Gasteiger partial charge in [0.15, 0.2) is 18.2 Å². The molecule has 1 saturated carbocycles. The Balaban J connectivity index is 1.38. The number of piperidine rings is 1. The molecule has 0 spiro atoms. The predicted molar refractivity (Wildman–Crippen MR) is 137 cm³/mol. The van der Waals surface area contributed by atoms with E-state index < -0.39 is 36.1 Å². The Kier molecular flexibility index (Phi) is 5.89. The van der Waals surface area contributed by atoms with E-state index in [9.17, 15) is 23.1 Å². The van der Waals surface area contributed by atoms with E-state index >= 15 is 0 Å². The zero-order valence-corrected chi connectivity index (χ0v) is 21.0. The quantitative estimate of drug-likeness (QED) is 0.470. The van der Waals surface area contributed by atoms with Crippen LogP contribution in [0.15, 0.2) is 29.2 Å². The summed E-state index contributed by atoms with van der Waals surface area (Å²) in [7, 11) is 1.55. The number of hydrogen-bond acceptors (Lipinski definition) is 8. The van der Waals surface area contributed by atoms with Gasteiger partial charge < -0.3 is 29.9 Å². The van der Waals surface area contributed by atoms with Crippen molar-refractivity contribution in [2.45, 2.75) is 44.3 Å². The van der Waals surface area contributed by atoms with Gasteiger partial charge in [0.05, 0.1) is 29.5 Å². The van der Waals surface area contributed by atoms with E-state index in [-0.39, 0.29) is 29.1 Å². The molecule has 3 aliphatic rings. The zero-order valence-electron chi connectivity index (χ0n) is 21.0. The highest BCUT2D eigenvalue weighted by molar-refractivity contribution is 5.97. The van der Waals surface area contributed by atoms with Crippen molar-refractivity contribution in [1.29, 1.82) is 0 Å². The number of rotatable bonds is 4. The molecule has 1 unspecified atom stereocenters. The van der Waals surface area contributed by atoms with Crippen LogP contribution < -0.4 is 25.8 Å². The molecule has 0 bridgehead atoms. The van der Waals surface area contributed by atoms with E-state index in [0.29, 0.717) is 54.9 Å². The fourth-order valence-electron chi connectivity index (χ4n) is 5.50. The molecule has 2 aliphatic heterocycles. The molecule has 38 heavy (non-hydrogen) atoms. The Morgan fingerprint density at radius 2 is 2.05 bits per heavy atom. The Morgan fingerprint density at radius 1 is 1.26 bits per heavy atom. The van der Waals surface area contributed by atoms with E-state index in [1.165, 1.54) is 4.57 Å². The van der Waals surface area contributed by atoms with Crippen molar-refractivity contribution < 1.29 is 23.0 Å². The van der Waals surface area contributed by atoms with Crippen molar-refractivity contribution in [2.75, 3.05) is 35.2 Å². The number of ether oxygens (including phenoxy) is 1. The van der Waals surface area contributed by atoms with Crippen molar-refractivity contribution >= 4 is 34.0 Å². The maximum Gasteiger partial charge on any atom is 0.301 e. The second-order valence-electron chi connectivity index (χ2n) is 10.7. The third-order valence-corrected chi connectivity index (χ3v) is 7.53. The number of pyridine rings is 1. The van der Waals surface area contributed by atoms with Crippen molar-refractivity contribution in [3.05, 3.63) is 40.6 Å². The van der Waals surface area contributed by atoms with Gasteiger partial charge in [0, 0.05) is 31.2 Å². The summed E-state index contributed by atoms with van der Waals surface area (Å²) < 4.78 is 51.3. The number of β-amino-alcohol motifs (C(OH)–C–C–N with tert-alkyl or cyclic N) is 1. The van der Waals surface area contributed by atoms with Crippen LogP contribution in [0.2, 0.25) is 0 Å². The fraction of sp³-hybridized carbons (Fsp3) is 0.500. The van der Waals surface area contributed by atoms with Gasteiger partial charge in [0.1, 0.15) is 0 Å². The monoisotopic (exact) mass is 530 g/mol. The topological polar surface area (TPSA) is 105 Å². The Hall–Kier alpha value is -3.54. The molecule has 2 aromatic heterocycles. The maximum atomic E-state index is 14.9. The van der Waals surface area contributed by atoms with Gasteiger partial charge in [0.25, 0.3) is 5.56 Å². The van der Waals surface area contributed by atoms with E-state index in [1.54, 1.807) is 25.2 Å². The summed E-state index contributed by atoms with van der Waals surface area (Å²) in [5.41, 5.74) is 0.642. The standard InChI is InChI=1S/C26H29F3N6O3/c1-13-7-16(36)11-35(10-13)25-30-9-18(27)23(33-25)31-15-5-6-19-17(8-15)20-21(24(37)34(19)2)38-12-26(28,29)22(32-20)14-3-4-14/h5-6,8-9,13-14,16,22,32,36H,3-4,7,10-12H2,1-2H3,(H,30,31,33)/t13-,16+,22?/m0/s1. The molecule has 0 amide bonds. The Labute approximate surface area is 216 Å². The summed E-state index contributed by atoms with van der Waals surface area (Å²) >= 11 is 0. The summed E-state index contributed by atoms with van der Waals surface area (Å²) in [6.07, 6.45) is 2.59. The number of anilines is 4. The van der Waals surface area contributed by atoms with Crippen molar-refractivity contribution in [3.8, 4) is 5.75 Å². The lowest BCUT2D eigenvalue weighted by molar-refractivity contribution is -0.0579. The highest BCUT2D eigenvalue weighted by Crippen LogP contribution is 2.45. The molecule has 3 N–H and O–H groups in total. The lowest BCUT2D eigenvalue weighted by atomic mass is 9.98. The Morgan fingerprint density at radius 3 is 2.79 bits per heavy atom. The number of nitrogens with zero attached hydrogens (tertiary/aromatic N) is 4. The molecule has 4 heterocycles. The van der Waals surface area contributed by atoms with E-state index in [2.05, 4.69) is 20.6 Å². The molecule has 6 rings (SSSR count). The minimum Gasteiger partial charge on any atom is -0.480 e. The van der Waals surface area contributed by atoms with Gasteiger partial charge in [-0.05, 0) is 49.3 Å². The van der Waals surface area contributed by atoms with Gasteiger partial charge in [-0.3, -0.25) is 4.79 Å². The molecule has 2 fully saturated rings. The van der Waals surface area contributed by atoms with Crippen LogP contribution in [-0.2, 0) is 7.05 Å². The molecule has 3 atom stereocenters. The number of aliphatic hydroxyl groups is 1. The summed E-state index contributed by atoms with van der Waals surface area (Å²) in [5, 5.41) is 16.5. The van der Waals surface area contributed by atoms with Crippen LogP contribution in [-0.4, -0.2) is 57.4 Å². The van der Waals surface area contributed by atoms with Crippen LogP contribution in [0.5, 0.6) is 5.75 Å². The molecule has 12 heteroatoms. The molecular weight excluding hydrogens is 501 g/mol. The summed E-state index contributed by atoms with van der Waals surface area (Å²) in [6, 6.07) is 3.83. The number of alkyl halides is 2. The lowest BCUT2D eigenvalue weighted by Crippen LogP contribution is -2.44. The second-order valence-corrected chi connectivity index (χ2v) is 10.7. The van der Waals surface area contributed by atoms with Crippen LogP contribution >= 0.6 is 0 Å². The van der Waals surface area contributed by atoms with Gasteiger partial charge in [-0.2, -0.15) is 4.98 Å². The van der Waals surface area contributed by atoms with Crippen LogP contribution in [0.4, 0.5) is 36.3 Å². The van der Waals surface area contributed by atoms with E-state index in [1.807, 2.05) is 11.8 Å². The third kappa shape index (κ3) is 4.40. The number of fused-ring (bicyclic) bond motifs is 3. The number of nitrogens with one attached hydrogen (secondary N) is 2. The van der Waals surface area contributed by atoms with Gasteiger partial charge in [-0.15, -0.1) is 0 Å². The van der Waals surface area contributed by atoms with Gasteiger partial charge >= 0.3 is 5.92 Å². The zero-order chi connectivity index (χ0) is 26.8. The molecule has 0 radical (unpaired) electrons. The minimum atomic E-state index is -3.15. The van der Waals surface area contributed by atoms with E-state index in [0.717, 1.165) is 6.20 Å². The largest absolute Gasteiger partial charge is 0.480 e. The molecule has 1 aliphatic carbocycles. The molecule has 202 valence electrons. The third-order valence-electron chi connectivity index (χ3n) is 7.53. The SMILES string of the molecule is C[C@H]1C[C@@H](O)CN(c2ncc(F)c(Nc3ccc4c(c3)c3c(c(=O)n4C)OCC(F)(F)C(C4CC4)N3)n2)C1. The number of aryl methyl sites for hydroxylation is 1. The van der Waals surface area contributed by atoms with Gasteiger partial charge in [-0.1, -0.05) is 6.92 Å². The van der Waals surface area contributed by atoms with E-state index in [4.69, 9.17) is 4.74 Å². The number of aromatic nitrogens is 3. The average Bonchev–Trinajstić information content (AvgIpc) is 3.71. The van der Waals surface area contributed by atoms with Gasteiger partial charge in [0.2, 0.25) is 11.7 Å². The number of hydrogen-bond donors (Lipinski definition) is 3. The number of benzene rings is 1. The first-order chi connectivity index (χ1) is 18.1. The number of halogens is 3. The number of aliphatic hydroxyl groups excluding tert-OH is 1. The van der Waals surface area contributed by atoms with Crippen LogP contribution in [0.3, 0.4) is 0 Å². The highest BCUT2D eigenvalue weighted by atomic mass is 19.3. The smallest absolute Gasteiger partial charge is 0.301 e.